The van der Waals surface area contributed by atoms with E-state index in [4.69, 9.17) is 14.2 Å². The van der Waals surface area contributed by atoms with Crippen molar-refractivity contribution in [2.45, 2.75) is 193 Å². The molecule has 0 aliphatic rings. The van der Waals surface area contributed by atoms with Crippen LogP contribution in [0.2, 0.25) is 0 Å². The molecule has 0 spiro atoms. The molecule has 0 radical (unpaired) electrons. The highest BCUT2D eigenvalue weighted by Gasteiger charge is 2.25. The van der Waals surface area contributed by atoms with E-state index < -0.39 is 18.1 Å². The van der Waals surface area contributed by atoms with Crippen molar-refractivity contribution in [2.24, 2.45) is 0 Å². The van der Waals surface area contributed by atoms with Gasteiger partial charge in [-0.25, -0.2) is 0 Å². The molecule has 0 aromatic carbocycles. The van der Waals surface area contributed by atoms with Crippen LogP contribution in [-0.4, -0.2) is 75.5 Å². The predicted octanol–water partition coefficient (Wildman–Crippen LogP) is 8.47. The topological polar surface area (TPSA) is 102 Å². The Labute approximate surface area is 289 Å². The van der Waals surface area contributed by atoms with Gasteiger partial charge in [0, 0.05) is 19.3 Å². The number of quaternary nitrogens is 1. The summed E-state index contributed by atoms with van der Waals surface area (Å²) in [4.78, 5) is 36.4. The van der Waals surface area contributed by atoms with Gasteiger partial charge in [-0.15, -0.1) is 0 Å². The monoisotopic (exact) mass is 670 g/mol. The second-order valence-electron chi connectivity index (χ2n) is 14.5. The summed E-state index contributed by atoms with van der Waals surface area (Å²) in [6.07, 6.45) is 28.7. The highest BCUT2D eigenvalue weighted by molar-refractivity contribution is 5.70. The van der Waals surface area contributed by atoms with E-state index in [1.165, 1.54) is 96.3 Å². The van der Waals surface area contributed by atoms with Gasteiger partial charge in [-0.2, -0.15) is 0 Å². The summed E-state index contributed by atoms with van der Waals surface area (Å²) in [5.74, 6) is -1.74. The summed E-state index contributed by atoms with van der Waals surface area (Å²) in [6, 6.07) is -0.717. The van der Waals surface area contributed by atoms with Crippen molar-refractivity contribution < 1.29 is 38.2 Å². The van der Waals surface area contributed by atoms with Crippen LogP contribution in [0.15, 0.2) is 0 Å². The maximum absolute atomic E-state index is 12.6. The van der Waals surface area contributed by atoms with E-state index in [1.54, 1.807) is 21.1 Å². The van der Waals surface area contributed by atoms with Gasteiger partial charge in [-0.1, -0.05) is 149 Å². The maximum Gasteiger partial charge on any atom is 0.306 e. The van der Waals surface area contributed by atoms with E-state index in [-0.39, 0.29) is 42.7 Å². The Morgan fingerprint density at radius 2 is 0.936 bits per heavy atom. The van der Waals surface area contributed by atoms with Crippen LogP contribution < -0.4 is 5.11 Å². The minimum absolute atomic E-state index is 0.0472. The molecule has 2 atom stereocenters. The molecule has 0 aromatic heterocycles. The predicted molar refractivity (Wildman–Crippen MR) is 190 cm³/mol. The molecule has 278 valence electrons. The van der Waals surface area contributed by atoms with E-state index >= 15 is 0 Å². The van der Waals surface area contributed by atoms with Gasteiger partial charge < -0.3 is 28.6 Å². The first kappa shape index (κ1) is 45.3. The zero-order valence-electron chi connectivity index (χ0n) is 31.5. The molecule has 0 N–H and O–H groups in total. The summed E-state index contributed by atoms with van der Waals surface area (Å²) < 4.78 is 17.0. The molecule has 0 rings (SSSR count). The number of hydrogen-bond donors (Lipinski definition) is 0. The smallest absolute Gasteiger partial charge is 0.306 e. The molecule has 8 nitrogen and oxygen atoms in total. The Morgan fingerprint density at radius 3 is 1.32 bits per heavy atom. The number of aliphatic carboxylic acids is 1. The molecule has 0 aromatic rings. The van der Waals surface area contributed by atoms with Gasteiger partial charge in [-0.05, 0) is 12.8 Å². The molecular weight excluding hydrogens is 594 g/mol. The molecule has 8 heteroatoms. The van der Waals surface area contributed by atoms with E-state index in [0.717, 1.165) is 51.4 Å². The van der Waals surface area contributed by atoms with Gasteiger partial charge in [0.1, 0.15) is 12.6 Å². The van der Waals surface area contributed by atoms with Gasteiger partial charge in [0.15, 0.2) is 6.10 Å². The standard InChI is InChI=1S/C39H75NO7/c1-6-8-10-12-13-14-15-16-17-18-19-20-21-22-23-24-26-28-30-38(42)47-35(34-46-37(41)29-27-25-11-9-7-2)33-45-32-31-36(39(43)44)40(3,4)5/h35-36H,6-34H2,1-5H3. The van der Waals surface area contributed by atoms with Crippen LogP contribution in [0.5, 0.6) is 0 Å². The number of esters is 2. The first-order valence-corrected chi connectivity index (χ1v) is 19.6. The van der Waals surface area contributed by atoms with Gasteiger partial charge in [-0.3, -0.25) is 9.59 Å². The number of carbonyl (C=O) groups is 3. The lowest BCUT2D eigenvalue weighted by Crippen LogP contribution is -2.55. The molecule has 0 fully saturated rings. The zero-order chi connectivity index (χ0) is 35.0. The Morgan fingerprint density at radius 1 is 0.553 bits per heavy atom. The lowest BCUT2D eigenvalue weighted by Gasteiger charge is -2.34. The molecule has 0 amide bonds. The fourth-order valence-corrected chi connectivity index (χ4v) is 5.89. The van der Waals surface area contributed by atoms with Crippen molar-refractivity contribution in [3.63, 3.8) is 0 Å². The van der Waals surface area contributed by atoms with Gasteiger partial charge in [0.2, 0.25) is 0 Å². The van der Waals surface area contributed by atoms with E-state index in [2.05, 4.69) is 13.8 Å². The van der Waals surface area contributed by atoms with Crippen LogP contribution >= 0.6 is 0 Å². The van der Waals surface area contributed by atoms with Crippen molar-refractivity contribution in [1.82, 2.24) is 0 Å². The van der Waals surface area contributed by atoms with Crippen LogP contribution in [-0.2, 0) is 28.6 Å². The number of hydrogen-bond acceptors (Lipinski definition) is 7. The fourth-order valence-electron chi connectivity index (χ4n) is 5.89. The molecule has 47 heavy (non-hydrogen) atoms. The van der Waals surface area contributed by atoms with E-state index in [0.29, 0.717) is 12.8 Å². The minimum atomic E-state index is -1.12. The number of rotatable bonds is 35. The molecular formula is C39H75NO7. The molecule has 0 aliphatic carbocycles. The van der Waals surface area contributed by atoms with Gasteiger partial charge in [0.25, 0.3) is 0 Å². The third kappa shape index (κ3) is 30.1. The second-order valence-corrected chi connectivity index (χ2v) is 14.5. The number of carbonyl (C=O) groups excluding carboxylic acids is 3. The summed E-state index contributed by atoms with van der Waals surface area (Å²) in [5.41, 5.74) is 0. The number of nitrogens with zero attached hydrogens (tertiary/aromatic N) is 1. The first-order chi connectivity index (χ1) is 22.6. The van der Waals surface area contributed by atoms with Gasteiger partial charge >= 0.3 is 11.9 Å². The number of carboxylic acids is 1. The summed E-state index contributed by atoms with van der Waals surface area (Å²) in [5, 5.41) is 11.5. The summed E-state index contributed by atoms with van der Waals surface area (Å²) >= 11 is 0. The van der Waals surface area contributed by atoms with Crippen molar-refractivity contribution in [1.29, 1.82) is 0 Å². The summed E-state index contributed by atoms with van der Waals surface area (Å²) in [6.45, 7) is 4.59. The minimum Gasteiger partial charge on any atom is -0.544 e. The molecule has 0 bridgehead atoms. The third-order valence-corrected chi connectivity index (χ3v) is 8.99. The molecule has 0 aliphatic heterocycles. The quantitative estimate of drug-likeness (QED) is 0.0379. The average molecular weight is 670 g/mol. The highest BCUT2D eigenvalue weighted by atomic mass is 16.6. The maximum atomic E-state index is 12.6. The second kappa shape index (κ2) is 31.6. The zero-order valence-corrected chi connectivity index (χ0v) is 31.5. The lowest BCUT2D eigenvalue weighted by atomic mass is 10.0. The van der Waals surface area contributed by atoms with E-state index in [1.807, 2.05) is 0 Å². The Hall–Kier alpha value is -1.67. The van der Waals surface area contributed by atoms with Crippen molar-refractivity contribution in [2.75, 3.05) is 41.0 Å². The largest absolute Gasteiger partial charge is 0.544 e. The first-order valence-electron chi connectivity index (χ1n) is 19.6. The normalized spacial score (nSPS) is 13.0. The average Bonchev–Trinajstić information content (AvgIpc) is 3.01. The number of unbranched alkanes of at least 4 members (excludes halogenated alkanes) is 21. The summed E-state index contributed by atoms with van der Waals surface area (Å²) in [7, 11) is 5.39. The highest BCUT2D eigenvalue weighted by Crippen LogP contribution is 2.15. The molecule has 0 heterocycles. The number of carboxylic acid groups (broad SMARTS) is 1. The SMILES string of the molecule is CCCCCCCCCCCCCCCCCCCCC(=O)OC(COCCC(C(=O)[O-])[N+](C)(C)C)COC(=O)CCCCCCC. The van der Waals surface area contributed by atoms with Crippen molar-refractivity contribution in [3.05, 3.63) is 0 Å². The fraction of sp³-hybridized carbons (Fsp3) is 0.923. The Balaban J connectivity index is 4.18. The number of likely N-dealkylation sites (N-methyl/N-ethyl adjacent to an activating group) is 1. The Bertz CT molecular complexity index is 752. The lowest BCUT2D eigenvalue weighted by molar-refractivity contribution is -0.889. The number of ether oxygens (including phenoxy) is 3. The van der Waals surface area contributed by atoms with Crippen LogP contribution in [0.4, 0.5) is 0 Å². The third-order valence-electron chi connectivity index (χ3n) is 8.99. The van der Waals surface area contributed by atoms with E-state index in [9.17, 15) is 19.5 Å². The van der Waals surface area contributed by atoms with Crippen molar-refractivity contribution in [3.8, 4) is 0 Å². The molecule has 0 saturated carbocycles. The van der Waals surface area contributed by atoms with Crippen LogP contribution in [0, 0.1) is 0 Å². The van der Waals surface area contributed by atoms with Gasteiger partial charge in [0.05, 0.1) is 40.3 Å². The Kier molecular flexibility index (Phi) is 30.5. The van der Waals surface area contributed by atoms with Crippen LogP contribution in [0.1, 0.15) is 181 Å². The molecule has 2 unspecified atom stereocenters. The van der Waals surface area contributed by atoms with Crippen LogP contribution in [0.3, 0.4) is 0 Å². The van der Waals surface area contributed by atoms with Crippen LogP contribution in [0.25, 0.3) is 0 Å². The van der Waals surface area contributed by atoms with Crippen molar-refractivity contribution >= 4 is 17.9 Å². The molecule has 0 saturated heterocycles.